The molecule has 4 rings (SSSR count). The Morgan fingerprint density at radius 2 is 1.85 bits per heavy atom. The molecule has 0 aliphatic rings. The van der Waals surface area contributed by atoms with Crippen molar-refractivity contribution >= 4 is 33.5 Å². The third-order valence-electron chi connectivity index (χ3n) is 4.53. The van der Waals surface area contributed by atoms with Gasteiger partial charge in [-0.25, -0.2) is 4.98 Å². The zero-order valence-electron chi connectivity index (χ0n) is 14.6. The second-order valence-electron chi connectivity index (χ2n) is 6.13. The number of aryl methyl sites for hydroxylation is 1. The zero-order chi connectivity index (χ0) is 18.1. The van der Waals surface area contributed by atoms with Crippen LogP contribution < -0.4 is 4.74 Å². The van der Waals surface area contributed by atoms with Crippen LogP contribution in [0.25, 0.3) is 33.5 Å². The average molecular weight is 339 g/mol. The van der Waals surface area contributed by atoms with E-state index in [1.165, 1.54) is 0 Å². The maximum atomic E-state index is 9.68. The Hall–Kier alpha value is -3.58. The summed E-state index contributed by atoms with van der Waals surface area (Å²) in [4.78, 5) is 4.62. The Labute approximate surface area is 151 Å². The highest BCUT2D eigenvalue weighted by Gasteiger charge is 2.11. The van der Waals surface area contributed by atoms with Gasteiger partial charge in [-0.15, -0.1) is 0 Å². The fourth-order valence-electron chi connectivity index (χ4n) is 3.16. The monoisotopic (exact) mass is 339 g/mol. The van der Waals surface area contributed by atoms with Crippen LogP contribution in [0.2, 0.25) is 0 Å². The number of methoxy groups -OCH3 is 1. The lowest BCUT2D eigenvalue weighted by Crippen LogP contribution is -1.96. The van der Waals surface area contributed by atoms with Crippen molar-refractivity contribution in [3.05, 3.63) is 72.1 Å². The van der Waals surface area contributed by atoms with Crippen molar-refractivity contribution in [1.29, 1.82) is 5.26 Å². The third kappa shape index (κ3) is 2.70. The fourth-order valence-corrected chi connectivity index (χ4v) is 3.16. The Balaban J connectivity index is 1.81. The standard InChI is InChI=1S/C22H17N3O/c1-25-21-6-4-3-5-20(21)24-22(25)18(14-23)12-15-7-8-17-13-19(26-2)10-9-16(17)11-15/h3-13H,1-2H3/b18-12+. The molecular weight excluding hydrogens is 322 g/mol. The Kier molecular flexibility index (Phi) is 3.91. The third-order valence-corrected chi connectivity index (χ3v) is 4.53. The number of hydrogen-bond acceptors (Lipinski definition) is 3. The van der Waals surface area contributed by atoms with E-state index in [0.717, 1.165) is 33.1 Å². The van der Waals surface area contributed by atoms with Crippen molar-refractivity contribution in [2.75, 3.05) is 7.11 Å². The Morgan fingerprint density at radius 3 is 2.62 bits per heavy atom. The van der Waals surface area contributed by atoms with Crippen LogP contribution in [-0.4, -0.2) is 16.7 Å². The molecule has 1 heterocycles. The van der Waals surface area contributed by atoms with Gasteiger partial charge < -0.3 is 9.30 Å². The summed E-state index contributed by atoms with van der Waals surface area (Å²) >= 11 is 0. The minimum Gasteiger partial charge on any atom is -0.497 e. The zero-order valence-corrected chi connectivity index (χ0v) is 14.6. The number of nitrogens with zero attached hydrogens (tertiary/aromatic N) is 3. The molecule has 4 nitrogen and oxygen atoms in total. The van der Waals surface area contributed by atoms with Crippen LogP contribution in [-0.2, 0) is 7.05 Å². The minimum absolute atomic E-state index is 0.538. The number of rotatable bonds is 3. The van der Waals surface area contributed by atoms with Gasteiger partial charge in [-0.2, -0.15) is 5.26 Å². The smallest absolute Gasteiger partial charge is 0.151 e. The Morgan fingerprint density at radius 1 is 1.08 bits per heavy atom. The lowest BCUT2D eigenvalue weighted by Gasteiger charge is -2.04. The lowest BCUT2D eigenvalue weighted by atomic mass is 10.0. The number of aromatic nitrogens is 2. The molecule has 0 spiro atoms. The molecule has 26 heavy (non-hydrogen) atoms. The molecule has 0 aliphatic heterocycles. The first-order valence-corrected chi connectivity index (χ1v) is 8.31. The van der Waals surface area contributed by atoms with Gasteiger partial charge in [-0.3, -0.25) is 0 Å². The van der Waals surface area contributed by atoms with E-state index in [2.05, 4.69) is 17.1 Å². The van der Waals surface area contributed by atoms with Crippen molar-refractivity contribution in [2.45, 2.75) is 0 Å². The first-order chi connectivity index (χ1) is 12.7. The molecule has 4 aromatic rings. The van der Waals surface area contributed by atoms with Gasteiger partial charge in [0.1, 0.15) is 11.8 Å². The van der Waals surface area contributed by atoms with Crippen LogP contribution in [0.4, 0.5) is 0 Å². The summed E-state index contributed by atoms with van der Waals surface area (Å²) in [5.74, 6) is 1.50. The first kappa shape index (κ1) is 15.9. The van der Waals surface area contributed by atoms with E-state index in [9.17, 15) is 5.26 Å². The van der Waals surface area contributed by atoms with E-state index < -0.39 is 0 Å². The van der Waals surface area contributed by atoms with Crippen LogP contribution in [0.1, 0.15) is 11.4 Å². The predicted molar refractivity (Wildman–Crippen MR) is 105 cm³/mol. The molecule has 3 aromatic carbocycles. The normalized spacial score (nSPS) is 11.7. The van der Waals surface area contributed by atoms with E-state index >= 15 is 0 Å². The molecular formula is C22H17N3O. The summed E-state index contributed by atoms with van der Waals surface area (Å²) in [5.41, 5.74) is 3.40. The van der Waals surface area contributed by atoms with Crippen molar-refractivity contribution in [2.24, 2.45) is 7.05 Å². The second kappa shape index (κ2) is 6.38. The van der Waals surface area contributed by atoms with Crippen molar-refractivity contribution in [1.82, 2.24) is 9.55 Å². The number of imidazole rings is 1. The molecule has 0 fully saturated rings. The van der Waals surface area contributed by atoms with Gasteiger partial charge in [0.2, 0.25) is 0 Å². The van der Waals surface area contributed by atoms with Crippen molar-refractivity contribution in [3.63, 3.8) is 0 Å². The molecule has 0 N–H and O–H groups in total. The number of ether oxygens (including phenoxy) is 1. The van der Waals surface area contributed by atoms with E-state index in [-0.39, 0.29) is 0 Å². The molecule has 0 atom stereocenters. The van der Waals surface area contributed by atoms with Crippen LogP contribution in [0.5, 0.6) is 5.75 Å². The molecule has 4 heteroatoms. The maximum Gasteiger partial charge on any atom is 0.151 e. The van der Waals surface area contributed by atoms with Gasteiger partial charge in [0.05, 0.1) is 23.7 Å². The summed E-state index contributed by atoms with van der Waals surface area (Å²) in [5, 5.41) is 11.9. The highest BCUT2D eigenvalue weighted by atomic mass is 16.5. The van der Waals surface area contributed by atoms with Crippen LogP contribution in [0.3, 0.4) is 0 Å². The van der Waals surface area contributed by atoms with Gasteiger partial charge in [-0.05, 0) is 52.7 Å². The molecule has 0 unspecified atom stereocenters. The lowest BCUT2D eigenvalue weighted by molar-refractivity contribution is 0.415. The number of hydrogen-bond donors (Lipinski definition) is 0. The van der Waals surface area contributed by atoms with E-state index in [0.29, 0.717) is 11.4 Å². The molecule has 0 saturated heterocycles. The van der Waals surface area contributed by atoms with Gasteiger partial charge in [0, 0.05) is 7.05 Å². The molecule has 0 bridgehead atoms. The van der Waals surface area contributed by atoms with Crippen molar-refractivity contribution in [3.8, 4) is 11.8 Å². The molecule has 0 saturated carbocycles. The van der Waals surface area contributed by atoms with Gasteiger partial charge in [0.25, 0.3) is 0 Å². The largest absolute Gasteiger partial charge is 0.497 e. The summed E-state index contributed by atoms with van der Waals surface area (Å²) in [6.45, 7) is 0. The summed E-state index contributed by atoms with van der Waals surface area (Å²) in [6, 6.07) is 22.2. The van der Waals surface area contributed by atoms with Gasteiger partial charge in [0.15, 0.2) is 5.82 Å². The number of fused-ring (bicyclic) bond motifs is 2. The van der Waals surface area contributed by atoms with Crippen molar-refractivity contribution < 1.29 is 4.74 Å². The topological polar surface area (TPSA) is 50.8 Å². The van der Waals surface area contributed by atoms with E-state index in [1.54, 1.807) is 7.11 Å². The number of allylic oxidation sites excluding steroid dienone is 1. The summed E-state index contributed by atoms with van der Waals surface area (Å²) in [6.07, 6.45) is 1.88. The Bertz CT molecular complexity index is 1200. The van der Waals surface area contributed by atoms with Crippen LogP contribution in [0, 0.1) is 11.3 Å². The number of para-hydroxylation sites is 2. The highest BCUT2D eigenvalue weighted by molar-refractivity contribution is 5.93. The quantitative estimate of drug-likeness (QED) is 0.504. The molecule has 1 aromatic heterocycles. The summed E-state index contributed by atoms with van der Waals surface area (Å²) in [7, 11) is 3.59. The number of nitriles is 1. The van der Waals surface area contributed by atoms with Gasteiger partial charge >= 0.3 is 0 Å². The maximum absolute atomic E-state index is 9.68. The fraction of sp³-hybridized carbons (Fsp3) is 0.0909. The summed E-state index contributed by atoms with van der Waals surface area (Å²) < 4.78 is 7.22. The SMILES string of the molecule is COc1ccc2cc(/C=C(\C#N)c3nc4ccccc4n3C)ccc2c1. The van der Waals surface area contributed by atoms with Gasteiger partial charge in [-0.1, -0.05) is 30.3 Å². The second-order valence-corrected chi connectivity index (χ2v) is 6.13. The van der Waals surface area contributed by atoms with E-state index in [1.807, 2.05) is 72.3 Å². The van der Waals surface area contributed by atoms with Crippen LogP contribution >= 0.6 is 0 Å². The van der Waals surface area contributed by atoms with Crippen LogP contribution in [0.15, 0.2) is 60.7 Å². The molecule has 126 valence electrons. The molecule has 0 amide bonds. The molecule has 0 radical (unpaired) electrons. The highest BCUT2D eigenvalue weighted by Crippen LogP contribution is 2.25. The number of benzene rings is 3. The average Bonchev–Trinajstić information content (AvgIpc) is 3.02. The minimum atomic E-state index is 0.538. The predicted octanol–water partition coefficient (Wildman–Crippen LogP) is 4.80. The van der Waals surface area contributed by atoms with E-state index in [4.69, 9.17) is 4.74 Å². The molecule has 0 aliphatic carbocycles. The first-order valence-electron chi connectivity index (χ1n) is 8.31.